The van der Waals surface area contributed by atoms with Crippen molar-refractivity contribution in [1.29, 1.82) is 0 Å². The molecular formula is C10H20N2O. The van der Waals surface area contributed by atoms with E-state index in [-0.39, 0.29) is 6.10 Å². The fourth-order valence-corrected chi connectivity index (χ4v) is 1.30. The van der Waals surface area contributed by atoms with Crippen LogP contribution >= 0.6 is 0 Å². The molecule has 0 fully saturated rings. The van der Waals surface area contributed by atoms with Crippen molar-refractivity contribution in [2.45, 2.75) is 39.2 Å². The summed E-state index contributed by atoms with van der Waals surface area (Å²) in [5.41, 5.74) is 0. The summed E-state index contributed by atoms with van der Waals surface area (Å²) in [7, 11) is 0. The van der Waals surface area contributed by atoms with Crippen molar-refractivity contribution in [1.82, 2.24) is 5.32 Å². The number of hydrogen-bond acceptors (Lipinski definition) is 3. The average molecular weight is 184 g/mol. The van der Waals surface area contributed by atoms with E-state index in [1.807, 2.05) is 13.8 Å². The van der Waals surface area contributed by atoms with Gasteiger partial charge in [-0.3, -0.25) is 4.99 Å². The molecule has 0 aromatic carbocycles. The maximum absolute atomic E-state index is 9.54. The number of hydrogen-bond donors (Lipinski definition) is 2. The zero-order valence-electron chi connectivity index (χ0n) is 8.58. The lowest BCUT2D eigenvalue weighted by Gasteiger charge is -2.18. The predicted octanol–water partition coefficient (Wildman–Crippen LogP) is 1.18. The Balaban J connectivity index is 2.21. The lowest BCUT2D eigenvalue weighted by atomic mass is 10.1. The van der Waals surface area contributed by atoms with Gasteiger partial charge in [-0.25, -0.2) is 0 Å². The largest absolute Gasteiger partial charge is 0.391 e. The standard InChI is InChI=1S/C10H20N2O/c1-8(2)9(13)7-12-10-5-3-4-6-11-10/h8-9,13H,3-7H2,1-2H3,(H,11,12). The first kappa shape index (κ1) is 10.5. The zero-order valence-corrected chi connectivity index (χ0v) is 8.58. The Morgan fingerprint density at radius 2 is 2.23 bits per heavy atom. The highest BCUT2D eigenvalue weighted by Gasteiger charge is 2.10. The summed E-state index contributed by atoms with van der Waals surface area (Å²) in [5.74, 6) is 1.39. The quantitative estimate of drug-likeness (QED) is 0.691. The van der Waals surface area contributed by atoms with Gasteiger partial charge in [0.15, 0.2) is 0 Å². The summed E-state index contributed by atoms with van der Waals surface area (Å²) in [6, 6.07) is 0. The van der Waals surface area contributed by atoms with E-state index < -0.39 is 0 Å². The van der Waals surface area contributed by atoms with E-state index >= 15 is 0 Å². The number of aliphatic hydroxyl groups excluding tert-OH is 1. The van der Waals surface area contributed by atoms with Crippen molar-refractivity contribution in [3.8, 4) is 0 Å². The molecule has 0 amide bonds. The monoisotopic (exact) mass is 184 g/mol. The highest BCUT2D eigenvalue weighted by Crippen LogP contribution is 2.05. The lowest BCUT2D eigenvalue weighted by molar-refractivity contribution is 0.128. The van der Waals surface area contributed by atoms with Gasteiger partial charge in [0, 0.05) is 19.5 Å². The van der Waals surface area contributed by atoms with Gasteiger partial charge in [-0.2, -0.15) is 0 Å². The molecule has 0 saturated carbocycles. The molecule has 1 heterocycles. The molecule has 1 aliphatic heterocycles. The molecule has 0 aromatic rings. The summed E-state index contributed by atoms with van der Waals surface area (Å²) >= 11 is 0. The lowest BCUT2D eigenvalue weighted by Crippen LogP contribution is -2.35. The normalized spacial score (nSPS) is 19.8. The van der Waals surface area contributed by atoms with Crippen molar-refractivity contribution in [2.75, 3.05) is 13.1 Å². The van der Waals surface area contributed by atoms with Crippen LogP contribution < -0.4 is 5.32 Å². The van der Waals surface area contributed by atoms with Crippen molar-refractivity contribution in [2.24, 2.45) is 10.9 Å². The molecule has 0 bridgehead atoms. The molecule has 76 valence electrons. The van der Waals surface area contributed by atoms with Gasteiger partial charge in [0.05, 0.1) is 11.9 Å². The molecule has 0 spiro atoms. The molecule has 1 atom stereocenters. The van der Waals surface area contributed by atoms with Gasteiger partial charge in [-0.1, -0.05) is 13.8 Å². The Bertz CT molecular complexity index is 178. The van der Waals surface area contributed by atoms with Gasteiger partial charge in [0.1, 0.15) is 0 Å². The van der Waals surface area contributed by atoms with Gasteiger partial charge >= 0.3 is 0 Å². The minimum atomic E-state index is -0.260. The smallest absolute Gasteiger partial charge is 0.0963 e. The third-order valence-electron chi connectivity index (χ3n) is 2.41. The van der Waals surface area contributed by atoms with Gasteiger partial charge in [0.2, 0.25) is 0 Å². The van der Waals surface area contributed by atoms with Gasteiger partial charge in [-0.15, -0.1) is 0 Å². The van der Waals surface area contributed by atoms with Crippen LogP contribution in [0.1, 0.15) is 33.1 Å². The molecular weight excluding hydrogens is 164 g/mol. The second-order valence-electron chi connectivity index (χ2n) is 3.98. The molecule has 0 radical (unpaired) electrons. The number of aliphatic imine (C=N–C) groups is 1. The minimum Gasteiger partial charge on any atom is -0.391 e. The van der Waals surface area contributed by atoms with Gasteiger partial charge in [0.25, 0.3) is 0 Å². The average Bonchev–Trinajstić information content (AvgIpc) is 2.15. The van der Waals surface area contributed by atoms with Crippen LogP contribution in [0.25, 0.3) is 0 Å². The highest BCUT2D eigenvalue weighted by atomic mass is 16.3. The van der Waals surface area contributed by atoms with Crippen LogP contribution in [0.4, 0.5) is 0 Å². The van der Waals surface area contributed by atoms with E-state index in [0.717, 1.165) is 18.8 Å². The Morgan fingerprint density at radius 1 is 1.46 bits per heavy atom. The second-order valence-corrected chi connectivity index (χ2v) is 3.98. The Kier molecular flexibility index (Phi) is 4.22. The van der Waals surface area contributed by atoms with Crippen molar-refractivity contribution < 1.29 is 5.11 Å². The van der Waals surface area contributed by atoms with Gasteiger partial charge in [-0.05, 0) is 18.8 Å². The van der Waals surface area contributed by atoms with Crippen LogP contribution in [0, 0.1) is 5.92 Å². The molecule has 3 heteroatoms. The summed E-state index contributed by atoms with van der Waals surface area (Å²) in [4.78, 5) is 4.36. The van der Waals surface area contributed by atoms with E-state index in [1.54, 1.807) is 0 Å². The molecule has 2 N–H and O–H groups in total. The minimum absolute atomic E-state index is 0.260. The Hall–Kier alpha value is -0.570. The number of amidine groups is 1. The molecule has 1 rings (SSSR count). The highest BCUT2D eigenvalue weighted by molar-refractivity contribution is 5.82. The third-order valence-corrected chi connectivity index (χ3v) is 2.41. The number of rotatable bonds is 3. The number of nitrogens with one attached hydrogen (secondary N) is 1. The molecule has 1 aliphatic rings. The van der Waals surface area contributed by atoms with Crippen LogP contribution in [0.15, 0.2) is 4.99 Å². The summed E-state index contributed by atoms with van der Waals surface area (Å²) in [6.07, 6.45) is 3.22. The van der Waals surface area contributed by atoms with E-state index in [1.165, 1.54) is 12.8 Å². The van der Waals surface area contributed by atoms with Crippen LogP contribution in [0.5, 0.6) is 0 Å². The molecule has 3 nitrogen and oxygen atoms in total. The number of nitrogens with zero attached hydrogens (tertiary/aromatic N) is 1. The van der Waals surface area contributed by atoms with Crippen molar-refractivity contribution >= 4 is 5.84 Å². The maximum Gasteiger partial charge on any atom is 0.0963 e. The van der Waals surface area contributed by atoms with Gasteiger partial charge < -0.3 is 10.4 Å². The molecule has 0 aromatic heterocycles. The first-order valence-corrected chi connectivity index (χ1v) is 5.15. The molecule has 0 saturated heterocycles. The predicted molar refractivity (Wildman–Crippen MR) is 55.0 cm³/mol. The van der Waals surface area contributed by atoms with Crippen LogP contribution in [-0.4, -0.2) is 30.1 Å². The fourth-order valence-electron chi connectivity index (χ4n) is 1.30. The van der Waals surface area contributed by atoms with Crippen molar-refractivity contribution in [3.63, 3.8) is 0 Å². The van der Waals surface area contributed by atoms with E-state index in [4.69, 9.17) is 0 Å². The summed E-state index contributed by atoms with van der Waals surface area (Å²) in [5, 5.41) is 12.7. The first-order chi connectivity index (χ1) is 6.20. The first-order valence-electron chi connectivity index (χ1n) is 5.15. The fraction of sp³-hybridized carbons (Fsp3) is 0.900. The van der Waals surface area contributed by atoms with Crippen LogP contribution in [-0.2, 0) is 0 Å². The van der Waals surface area contributed by atoms with E-state index in [0.29, 0.717) is 12.5 Å². The van der Waals surface area contributed by atoms with Crippen LogP contribution in [0.2, 0.25) is 0 Å². The van der Waals surface area contributed by atoms with E-state index in [9.17, 15) is 5.11 Å². The number of aliphatic hydroxyl groups is 1. The Morgan fingerprint density at radius 3 is 2.77 bits per heavy atom. The molecule has 13 heavy (non-hydrogen) atoms. The molecule has 1 unspecified atom stereocenters. The zero-order chi connectivity index (χ0) is 9.68. The van der Waals surface area contributed by atoms with E-state index in [2.05, 4.69) is 10.3 Å². The topological polar surface area (TPSA) is 44.6 Å². The van der Waals surface area contributed by atoms with Crippen LogP contribution in [0.3, 0.4) is 0 Å². The third kappa shape index (κ3) is 3.77. The molecule has 0 aliphatic carbocycles. The SMILES string of the molecule is CC(C)C(O)CNC1=NCCCC1. The van der Waals surface area contributed by atoms with Crippen molar-refractivity contribution in [3.05, 3.63) is 0 Å². The summed E-state index contributed by atoms with van der Waals surface area (Å²) < 4.78 is 0. The summed E-state index contributed by atoms with van der Waals surface area (Å²) in [6.45, 7) is 5.63. The second kappa shape index (κ2) is 5.22. The maximum atomic E-state index is 9.54. The Labute approximate surface area is 80.3 Å².